The van der Waals surface area contributed by atoms with Crippen molar-refractivity contribution in [3.63, 3.8) is 0 Å². The highest BCUT2D eigenvalue weighted by molar-refractivity contribution is 7.18. The summed E-state index contributed by atoms with van der Waals surface area (Å²) in [6, 6.07) is 0. The summed E-state index contributed by atoms with van der Waals surface area (Å²) in [5, 5.41) is 6.05. The second kappa shape index (κ2) is 12.6. The number of nitrogens with zero attached hydrogens (tertiary/aromatic N) is 2. The second-order valence-corrected chi connectivity index (χ2v) is 8.88. The molecule has 0 aliphatic rings. The monoisotopic (exact) mass is 483 g/mol. The van der Waals surface area contributed by atoms with Crippen LogP contribution >= 0.6 is 22.7 Å². The zero-order valence-electron chi connectivity index (χ0n) is 19.0. The number of carbonyl (C=O) groups excluding carboxylic acids is 3. The van der Waals surface area contributed by atoms with E-state index in [9.17, 15) is 14.4 Å². The minimum atomic E-state index is -0.601. The Kier molecular flexibility index (Phi) is 10.2. The zero-order valence-corrected chi connectivity index (χ0v) is 20.6. The Morgan fingerprint density at radius 1 is 1.16 bits per heavy atom. The van der Waals surface area contributed by atoms with Gasteiger partial charge >= 0.3 is 11.9 Å². The number of aryl methyl sites for hydroxylation is 1. The molecule has 0 atom stereocenters. The molecule has 0 saturated heterocycles. The Hall–Kier alpha value is -2.34. The van der Waals surface area contributed by atoms with Gasteiger partial charge < -0.3 is 19.5 Å². The SMILES string of the molecule is CCOC(=O)c1c(NC(=O)CN(C)Cc2csc(CC)n2)sc(C(=O)OCCOC)c1C. The van der Waals surface area contributed by atoms with Crippen LogP contribution in [0.5, 0.6) is 0 Å². The average Bonchev–Trinajstić information content (AvgIpc) is 3.31. The van der Waals surface area contributed by atoms with E-state index < -0.39 is 11.9 Å². The molecule has 9 nitrogen and oxygen atoms in total. The Balaban J connectivity index is 2.13. The fourth-order valence-electron chi connectivity index (χ4n) is 2.86. The molecular weight excluding hydrogens is 454 g/mol. The van der Waals surface area contributed by atoms with Crippen LogP contribution in [0.15, 0.2) is 5.38 Å². The van der Waals surface area contributed by atoms with Crippen molar-refractivity contribution in [3.05, 3.63) is 32.1 Å². The van der Waals surface area contributed by atoms with E-state index in [1.54, 1.807) is 25.2 Å². The average molecular weight is 484 g/mol. The number of amides is 1. The molecular formula is C21H29N3O6S2. The van der Waals surface area contributed by atoms with E-state index in [1.165, 1.54) is 7.11 Å². The van der Waals surface area contributed by atoms with E-state index in [1.807, 2.05) is 24.3 Å². The van der Waals surface area contributed by atoms with Crippen molar-refractivity contribution in [2.24, 2.45) is 0 Å². The summed E-state index contributed by atoms with van der Waals surface area (Å²) in [6.07, 6.45) is 0.874. The lowest BCUT2D eigenvalue weighted by Crippen LogP contribution is -2.30. The number of thiophene rings is 1. The molecule has 0 bridgehead atoms. The normalized spacial score (nSPS) is 10.9. The van der Waals surface area contributed by atoms with Crippen molar-refractivity contribution < 1.29 is 28.6 Å². The number of thiazole rings is 1. The first-order chi connectivity index (χ1) is 15.3. The maximum atomic E-state index is 12.7. The molecule has 11 heteroatoms. The van der Waals surface area contributed by atoms with Crippen molar-refractivity contribution in [2.75, 3.05) is 45.8 Å². The van der Waals surface area contributed by atoms with Gasteiger partial charge in [0.05, 0.1) is 36.0 Å². The first-order valence-corrected chi connectivity index (χ1v) is 11.9. The van der Waals surface area contributed by atoms with E-state index in [2.05, 4.69) is 10.3 Å². The van der Waals surface area contributed by atoms with Gasteiger partial charge in [0.15, 0.2) is 0 Å². The van der Waals surface area contributed by atoms with E-state index in [4.69, 9.17) is 14.2 Å². The molecule has 0 radical (unpaired) electrons. The molecule has 2 rings (SSSR count). The number of hydrogen-bond donors (Lipinski definition) is 1. The number of rotatable bonds is 12. The van der Waals surface area contributed by atoms with Gasteiger partial charge in [0.1, 0.15) is 16.5 Å². The smallest absolute Gasteiger partial charge is 0.348 e. The lowest BCUT2D eigenvalue weighted by atomic mass is 10.1. The Labute approximate surface area is 195 Å². The van der Waals surface area contributed by atoms with Crippen LogP contribution in [0.4, 0.5) is 5.00 Å². The minimum absolute atomic E-state index is 0.0876. The molecule has 0 fully saturated rings. The molecule has 0 unspecified atom stereocenters. The molecule has 32 heavy (non-hydrogen) atoms. The lowest BCUT2D eigenvalue weighted by Gasteiger charge is -2.15. The third-order valence-corrected chi connectivity index (χ3v) is 6.56. The van der Waals surface area contributed by atoms with Gasteiger partial charge in [0, 0.05) is 19.0 Å². The molecule has 0 aromatic carbocycles. The first kappa shape index (κ1) is 25.9. The van der Waals surface area contributed by atoms with Crippen LogP contribution in [0.25, 0.3) is 0 Å². The molecule has 0 spiro atoms. The van der Waals surface area contributed by atoms with Gasteiger partial charge in [-0.2, -0.15) is 0 Å². The highest BCUT2D eigenvalue weighted by Gasteiger charge is 2.27. The highest BCUT2D eigenvalue weighted by atomic mass is 32.1. The molecule has 1 N–H and O–H groups in total. The number of methoxy groups -OCH3 is 1. The Morgan fingerprint density at radius 2 is 1.91 bits per heavy atom. The first-order valence-electron chi connectivity index (χ1n) is 10.2. The fourth-order valence-corrected chi connectivity index (χ4v) is 4.70. The number of ether oxygens (including phenoxy) is 3. The summed E-state index contributed by atoms with van der Waals surface area (Å²) in [7, 11) is 3.32. The van der Waals surface area contributed by atoms with Crippen molar-refractivity contribution >= 4 is 45.5 Å². The van der Waals surface area contributed by atoms with Gasteiger partial charge in [-0.15, -0.1) is 22.7 Å². The quantitative estimate of drug-likeness (QED) is 0.362. The highest BCUT2D eigenvalue weighted by Crippen LogP contribution is 2.34. The lowest BCUT2D eigenvalue weighted by molar-refractivity contribution is -0.117. The van der Waals surface area contributed by atoms with Crippen LogP contribution in [0, 0.1) is 6.92 Å². The molecule has 2 heterocycles. The molecule has 2 aromatic rings. The van der Waals surface area contributed by atoms with Crippen molar-refractivity contribution in [1.29, 1.82) is 0 Å². The van der Waals surface area contributed by atoms with Gasteiger partial charge in [-0.1, -0.05) is 6.92 Å². The van der Waals surface area contributed by atoms with Crippen molar-refractivity contribution in [2.45, 2.75) is 33.7 Å². The minimum Gasteiger partial charge on any atom is -0.462 e. The summed E-state index contributed by atoms with van der Waals surface area (Å²) < 4.78 is 15.2. The largest absolute Gasteiger partial charge is 0.462 e. The van der Waals surface area contributed by atoms with Crippen LogP contribution in [-0.2, 0) is 32.0 Å². The Bertz CT molecular complexity index is 940. The fraction of sp³-hybridized carbons (Fsp3) is 0.524. The second-order valence-electron chi connectivity index (χ2n) is 6.92. The number of carbonyl (C=O) groups is 3. The predicted molar refractivity (Wildman–Crippen MR) is 124 cm³/mol. The molecule has 2 aromatic heterocycles. The van der Waals surface area contributed by atoms with E-state index in [-0.39, 0.29) is 47.7 Å². The summed E-state index contributed by atoms with van der Waals surface area (Å²) in [4.78, 5) is 44.2. The van der Waals surface area contributed by atoms with Gasteiger partial charge in [0.2, 0.25) is 5.91 Å². The maximum Gasteiger partial charge on any atom is 0.348 e. The van der Waals surface area contributed by atoms with Crippen LogP contribution in [0.1, 0.15) is 50.1 Å². The van der Waals surface area contributed by atoms with Gasteiger partial charge in [-0.05, 0) is 32.9 Å². The third-order valence-electron chi connectivity index (χ3n) is 4.33. The number of aromatic nitrogens is 1. The molecule has 1 amide bonds. The van der Waals surface area contributed by atoms with Gasteiger partial charge in [0.25, 0.3) is 0 Å². The van der Waals surface area contributed by atoms with Crippen molar-refractivity contribution in [1.82, 2.24) is 9.88 Å². The topological polar surface area (TPSA) is 107 Å². The van der Waals surface area contributed by atoms with Crippen LogP contribution in [0.2, 0.25) is 0 Å². The van der Waals surface area contributed by atoms with E-state index >= 15 is 0 Å². The molecule has 0 aliphatic carbocycles. The summed E-state index contributed by atoms with van der Waals surface area (Å²) in [5.74, 6) is -1.50. The van der Waals surface area contributed by atoms with E-state index in [0.29, 0.717) is 12.1 Å². The van der Waals surface area contributed by atoms with Gasteiger partial charge in [-0.25, -0.2) is 14.6 Å². The third kappa shape index (κ3) is 7.09. The molecule has 176 valence electrons. The van der Waals surface area contributed by atoms with Crippen molar-refractivity contribution in [3.8, 4) is 0 Å². The number of anilines is 1. The predicted octanol–water partition coefficient (Wildman–Crippen LogP) is 3.13. The van der Waals surface area contributed by atoms with Crippen LogP contribution < -0.4 is 5.32 Å². The van der Waals surface area contributed by atoms with E-state index in [0.717, 1.165) is 28.5 Å². The summed E-state index contributed by atoms with van der Waals surface area (Å²) >= 11 is 2.59. The molecule has 0 aliphatic heterocycles. The number of likely N-dealkylation sites (N-methyl/N-ethyl adjacent to an activating group) is 1. The number of hydrogen-bond acceptors (Lipinski definition) is 10. The zero-order chi connectivity index (χ0) is 23.7. The van der Waals surface area contributed by atoms with Crippen LogP contribution in [0.3, 0.4) is 0 Å². The summed E-state index contributed by atoms with van der Waals surface area (Å²) in [6.45, 7) is 6.50. The number of nitrogens with one attached hydrogen (secondary N) is 1. The van der Waals surface area contributed by atoms with Gasteiger partial charge in [-0.3, -0.25) is 9.69 Å². The molecule has 0 saturated carbocycles. The number of esters is 2. The Morgan fingerprint density at radius 3 is 2.53 bits per heavy atom. The summed E-state index contributed by atoms with van der Waals surface area (Å²) in [5.41, 5.74) is 1.48. The standard InChI is InChI=1S/C21H29N3O6S2/c1-6-16-22-14(12-31-16)10-24(4)11-15(25)23-19-17(20(26)29-7-2)13(3)18(32-19)21(27)30-9-8-28-5/h12H,6-11H2,1-5H3,(H,23,25). The maximum absolute atomic E-state index is 12.7. The van der Waals surface area contributed by atoms with Crippen LogP contribution in [-0.4, -0.2) is 68.3 Å².